The number of phenolic OH excluding ortho intramolecular Hbond substituents is 1. The number of carbonyl (C=O) groups excluding carboxylic acids is 2. The molecule has 4 aromatic rings. The number of esters is 1. The van der Waals surface area contributed by atoms with Gasteiger partial charge in [-0.15, -0.1) is 0 Å². The average molecular weight is 539 g/mol. The van der Waals surface area contributed by atoms with E-state index in [-0.39, 0.29) is 36.4 Å². The summed E-state index contributed by atoms with van der Waals surface area (Å²) in [7, 11) is 1.59. The summed E-state index contributed by atoms with van der Waals surface area (Å²) < 4.78 is 13.0. The van der Waals surface area contributed by atoms with Crippen LogP contribution in [-0.2, 0) is 46.0 Å². The summed E-state index contributed by atoms with van der Waals surface area (Å²) in [6, 6.07) is 16.9. The van der Waals surface area contributed by atoms with Gasteiger partial charge in [0.2, 0.25) is 5.60 Å². The fourth-order valence-electron chi connectivity index (χ4n) is 5.80. The van der Waals surface area contributed by atoms with Crippen molar-refractivity contribution in [3.05, 3.63) is 92.8 Å². The maximum absolute atomic E-state index is 13.8. The molecular weight excluding hydrogens is 510 g/mol. The molecule has 1 unspecified atom stereocenters. The SMILES string of the molecule is CCc1c2c(nc3ccc(O)cc13)-c1cc3c(c(=O)n1C2)COC(=O)C3(CC)OC(=O)N(C)Cc1cc[c]cc1. The minimum Gasteiger partial charge on any atom is -0.508 e. The van der Waals surface area contributed by atoms with Crippen LogP contribution in [-0.4, -0.2) is 38.7 Å². The second kappa shape index (κ2) is 9.51. The van der Waals surface area contributed by atoms with Gasteiger partial charge in [-0.3, -0.25) is 4.79 Å². The van der Waals surface area contributed by atoms with Crippen molar-refractivity contribution in [3.8, 4) is 17.1 Å². The summed E-state index contributed by atoms with van der Waals surface area (Å²) in [6.07, 6.45) is 0.0497. The van der Waals surface area contributed by atoms with Gasteiger partial charge in [0.1, 0.15) is 12.4 Å². The fraction of sp³-hybridized carbons (Fsp3) is 0.290. The Labute approximate surface area is 230 Å². The van der Waals surface area contributed by atoms with Gasteiger partial charge in [-0.2, -0.15) is 0 Å². The molecule has 4 heterocycles. The molecule has 0 bridgehead atoms. The van der Waals surface area contributed by atoms with Crippen LogP contribution in [0.1, 0.15) is 48.1 Å². The van der Waals surface area contributed by atoms with Crippen molar-refractivity contribution in [1.82, 2.24) is 14.5 Å². The number of benzene rings is 2. The molecule has 9 nitrogen and oxygen atoms in total. The van der Waals surface area contributed by atoms with Crippen molar-refractivity contribution in [2.45, 2.75) is 52.0 Å². The van der Waals surface area contributed by atoms with E-state index < -0.39 is 17.7 Å². The Morgan fingerprint density at radius 1 is 1.18 bits per heavy atom. The van der Waals surface area contributed by atoms with E-state index in [9.17, 15) is 19.5 Å². The Morgan fingerprint density at radius 2 is 1.95 bits per heavy atom. The fourth-order valence-corrected chi connectivity index (χ4v) is 5.80. The second-order valence-electron chi connectivity index (χ2n) is 10.2. The minimum atomic E-state index is -1.78. The number of nitrogens with zero attached hydrogens (tertiary/aromatic N) is 3. The predicted molar refractivity (Wildman–Crippen MR) is 147 cm³/mol. The third-order valence-electron chi connectivity index (χ3n) is 7.89. The van der Waals surface area contributed by atoms with Gasteiger partial charge in [0, 0.05) is 30.1 Å². The maximum atomic E-state index is 13.8. The molecule has 1 amide bonds. The number of rotatable bonds is 5. The monoisotopic (exact) mass is 538 g/mol. The number of amides is 1. The summed E-state index contributed by atoms with van der Waals surface area (Å²) >= 11 is 0. The van der Waals surface area contributed by atoms with Crippen LogP contribution in [0.3, 0.4) is 0 Å². The van der Waals surface area contributed by atoms with Gasteiger partial charge in [-0.25, -0.2) is 14.6 Å². The van der Waals surface area contributed by atoms with Crippen LogP contribution in [0.5, 0.6) is 5.75 Å². The zero-order valence-corrected chi connectivity index (χ0v) is 22.5. The molecule has 0 aliphatic carbocycles. The number of aryl methyl sites for hydroxylation is 1. The predicted octanol–water partition coefficient (Wildman–Crippen LogP) is 4.42. The Bertz CT molecular complexity index is 1750. The number of aromatic hydroxyl groups is 1. The number of carbonyl (C=O) groups is 2. The topological polar surface area (TPSA) is 111 Å². The lowest BCUT2D eigenvalue weighted by atomic mass is 9.85. The molecule has 2 aromatic heterocycles. The summed E-state index contributed by atoms with van der Waals surface area (Å²) in [5.41, 5.74) is 3.19. The first-order valence-corrected chi connectivity index (χ1v) is 13.3. The molecule has 0 saturated carbocycles. The Balaban J connectivity index is 1.47. The van der Waals surface area contributed by atoms with Crippen molar-refractivity contribution in [2.24, 2.45) is 0 Å². The molecule has 1 radical (unpaired) electrons. The van der Waals surface area contributed by atoms with Gasteiger partial charge in [0.05, 0.1) is 29.0 Å². The maximum Gasteiger partial charge on any atom is 0.411 e. The first-order chi connectivity index (χ1) is 19.3. The van der Waals surface area contributed by atoms with Crippen LogP contribution in [0.15, 0.2) is 53.3 Å². The van der Waals surface area contributed by atoms with Gasteiger partial charge in [-0.1, -0.05) is 38.1 Å². The van der Waals surface area contributed by atoms with Crippen molar-refractivity contribution in [3.63, 3.8) is 0 Å². The van der Waals surface area contributed by atoms with E-state index in [2.05, 4.69) is 6.07 Å². The average Bonchev–Trinajstić information content (AvgIpc) is 3.32. The molecule has 0 spiro atoms. The molecule has 6 rings (SSSR count). The van der Waals surface area contributed by atoms with Crippen LogP contribution in [0.25, 0.3) is 22.3 Å². The lowest BCUT2D eigenvalue weighted by molar-refractivity contribution is -0.173. The largest absolute Gasteiger partial charge is 0.508 e. The van der Waals surface area contributed by atoms with E-state index in [0.717, 1.165) is 22.1 Å². The van der Waals surface area contributed by atoms with Gasteiger partial charge in [-0.05, 0) is 54.3 Å². The molecule has 2 aromatic carbocycles. The lowest BCUT2D eigenvalue weighted by Crippen LogP contribution is -2.49. The van der Waals surface area contributed by atoms with E-state index in [0.29, 0.717) is 35.4 Å². The number of phenols is 1. The molecular formula is C31H28N3O6. The number of pyridine rings is 2. The van der Waals surface area contributed by atoms with Gasteiger partial charge < -0.3 is 24.0 Å². The molecule has 1 N–H and O–H groups in total. The Hall–Kier alpha value is -4.66. The normalized spacial score (nSPS) is 17.1. The highest BCUT2D eigenvalue weighted by Crippen LogP contribution is 2.42. The highest BCUT2D eigenvalue weighted by atomic mass is 16.6. The van der Waals surface area contributed by atoms with Crippen molar-refractivity contribution >= 4 is 23.0 Å². The second-order valence-corrected chi connectivity index (χ2v) is 10.2. The van der Waals surface area contributed by atoms with Crippen molar-refractivity contribution < 1.29 is 24.2 Å². The molecule has 40 heavy (non-hydrogen) atoms. The summed E-state index contributed by atoms with van der Waals surface area (Å²) in [6.45, 7) is 4.12. The number of hydrogen-bond donors (Lipinski definition) is 1. The first kappa shape index (κ1) is 25.6. The van der Waals surface area contributed by atoms with Crippen LogP contribution < -0.4 is 5.56 Å². The van der Waals surface area contributed by atoms with Gasteiger partial charge in [0.25, 0.3) is 5.56 Å². The van der Waals surface area contributed by atoms with Crippen molar-refractivity contribution in [1.29, 1.82) is 0 Å². The van der Waals surface area contributed by atoms with Crippen molar-refractivity contribution in [2.75, 3.05) is 7.05 Å². The van der Waals surface area contributed by atoms with E-state index in [4.69, 9.17) is 14.5 Å². The van der Waals surface area contributed by atoms with Gasteiger partial charge >= 0.3 is 12.1 Å². The van der Waals surface area contributed by atoms with E-state index in [1.54, 1.807) is 54.9 Å². The lowest BCUT2D eigenvalue weighted by Gasteiger charge is -2.36. The molecule has 9 heteroatoms. The first-order valence-electron chi connectivity index (χ1n) is 13.3. The molecule has 2 aliphatic rings. The standard InChI is InChI=1S/C31H28N3O6/c1-4-20-21-13-19(35)11-12-25(21)32-27-22(20)16-34-26(27)14-24-23(28(34)36)17-39-29(37)31(24,5-2)40-30(38)33(3)15-18-9-7-6-8-10-18/h7-14,35H,4-5,15-17H2,1-3H3. The van der Waals surface area contributed by atoms with Crippen LogP contribution in [0.2, 0.25) is 0 Å². The van der Waals surface area contributed by atoms with Gasteiger partial charge in [0.15, 0.2) is 0 Å². The summed E-state index contributed by atoms with van der Waals surface area (Å²) in [5.74, 6) is -0.565. The zero-order valence-electron chi connectivity index (χ0n) is 22.5. The molecule has 0 saturated heterocycles. The number of cyclic esters (lactones) is 1. The molecule has 1 atom stereocenters. The number of hydrogen-bond acceptors (Lipinski definition) is 7. The van der Waals surface area contributed by atoms with E-state index in [1.807, 2.05) is 19.1 Å². The smallest absolute Gasteiger partial charge is 0.411 e. The Morgan fingerprint density at radius 3 is 2.67 bits per heavy atom. The number of aromatic nitrogens is 2. The summed E-state index contributed by atoms with van der Waals surface area (Å²) in [5, 5.41) is 10.9. The minimum absolute atomic E-state index is 0.0824. The molecule has 2 aliphatic heterocycles. The quantitative estimate of drug-likeness (QED) is 0.330. The van der Waals surface area contributed by atoms with Crippen LogP contribution in [0, 0.1) is 6.07 Å². The third-order valence-corrected chi connectivity index (χ3v) is 7.89. The highest BCUT2D eigenvalue weighted by molar-refractivity contribution is 5.90. The number of fused-ring (bicyclic) bond motifs is 5. The van der Waals surface area contributed by atoms with Crippen LogP contribution in [0.4, 0.5) is 4.79 Å². The van der Waals surface area contributed by atoms with Crippen LogP contribution >= 0.6 is 0 Å². The summed E-state index contributed by atoms with van der Waals surface area (Å²) in [4.78, 5) is 46.7. The van der Waals surface area contributed by atoms with E-state index in [1.165, 1.54) is 4.90 Å². The zero-order chi connectivity index (χ0) is 28.2. The molecule has 0 fully saturated rings. The molecule has 203 valence electrons. The highest BCUT2D eigenvalue weighted by Gasteiger charge is 2.51. The Kier molecular flexibility index (Phi) is 6.09. The number of ether oxygens (including phenoxy) is 2. The van der Waals surface area contributed by atoms with E-state index >= 15 is 0 Å². The third kappa shape index (κ3) is 3.84.